The molecule has 0 saturated carbocycles. The fraction of sp³-hybridized carbons (Fsp3) is 0.833. The number of hydrogen-bond donors (Lipinski definition) is 1. The van der Waals surface area contributed by atoms with E-state index < -0.39 is 0 Å². The van der Waals surface area contributed by atoms with Crippen LogP contribution in [0.15, 0.2) is 0 Å². The molecule has 0 aliphatic carbocycles. The van der Waals surface area contributed by atoms with Gasteiger partial charge in [0.15, 0.2) is 0 Å². The summed E-state index contributed by atoms with van der Waals surface area (Å²) >= 11 is 9.19. The monoisotopic (exact) mass is 148 g/mol. The highest BCUT2D eigenvalue weighted by Gasteiger charge is 1.96. The molecular weight excluding hydrogens is 136 g/mol. The Kier molecular flexibility index (Phi) is 4.57. The molecule has 0 aromatic rings. The standard InChI is InChI=1S/C6H12S2/c1-3-6(8)4-5(2)7/h5,7H,3-4H2,1-2H3. The first-order chi connectivity index (χ1) is 3.66. The molecule has 0 bridgehead atoms. The lowest BCUT2D eigenvalue weighted by molar-refractivity contribution is 1.01. The van der Waals surface area contributed by atoms with Crippen molar-refractivity contribution >= 4 is 29.7 Å². The van der Waals surface area contributed by atoms with Gasteiger partial charge in [0, 0.05) is 5.25 Å². The smallest absolute Gasteiger partial charge is 0.00338 e. The van der Waals surface area contributed by atoms with Crippen LogP contribution >= 0.6 is 24.8 Å². The van der Waals surface area contributed by atoms with Crippen molar-refractivity contribution in [2.75, 3.05) is 0 Å². The molecule has 0 saturated heterocycles. The summed E-state index contributed by atoms with van der Waals surface area (Å²) in [6, 6.07) is 0. The Morgan fingerprint density at radius 2 is 2.25 bits per heavy atom. The average Bonchev–Trinajstić information content (AvgIpc) is 1.65. The molecule has 0 fully saturated rings. The zero-order chi connectivity index (χ0) is 6.57. The molecule has 0 aromatic carbocycles. The van der Waals surface area contributed by atoms with Crippen LogP contribution in [0.2, 0.25) is 0 Å². The summed E-state index contributed by atoms with van der Waals surface area (Å²) in [5.41, 5.74) is 0. The van der Waals surface area contributed by atoms with E-state index in [1.54, 1.807) is 0 Å². The van der Waals surface area contributed by atoms with Crippen LogP contribution in [-0.4, -0.2) is 10.1 Å². The van der Waals surface area contributed by atoms with Gasteiger partial charge in [0.25, 0.3) is 0 Å². The third-order valence-corrected chi connectivity index (χ3v) is 1.56. The number of thiocarbonyl (C=S) groups is 1. The fourth-order valence-corrected chi connectivity index (χ4v) is 1.07. The molecule has 0 aromatic heterocycles. The third kappa shape index (κ3) is 4.60. The maximum atomic E-state index is 4.98. The van der Waals surface area contributed by atoms with Gasteiger partial charge in [0.05, 0.1) is 0 Å². The Morgan fingerprint density at radius 3 is 2.38 bits per heavy atom. The molecule has 0 aliphatic heterocycles. The van der Waals surface area contributed by atoms with Crippen LogP contribution in [0.1, 0.15) is 26.7 Å². The Bertz CT molecular complexity index is 76.6. The van der Waals surface area contributed by atoms with E-state index in [4.69, 9.17) is 12.2 Å². The fourth-order valence-electron chi connectivity index (χ4n) is 0.474. The van der Waals surface area contributed by atoms with Gasteiger partial charge in [-0.1, -0.05) is 26.1 Å². The quantitative estimate of drug-likeness (QED) is 0.474. The molecule has 2 heteroatoms. The molecule has 1 unspecified atom stereocenters. The van der Waals surface area contributed by atoms with Crippen molar-refractivity contribution in [3.05, 3.63) is 0 Å². The van der Waals surface area contributed by atoms with Crippen molar-refractivity contribution in [3.8, 4) is 0 Å². The van der Waals surface area contributed by atoms with Gasteiger partial charge in [0.1, 0.15) is 0 Å². The summed E-state index contributed by atoms with van der Waals surface area (Å²) in [6.45, 7) is 4.14. The van der Waals surface area contributed by atoms with Crippen molar-refractivity contribution in [2.45, 2.75) is 31.9 Å². The zero-order valence-corrected chi connectivity index (χ0v) is 7.06. The van der Waals surface area contributed by atoms with E-state index in [1.807, 2.05) is 0 Å². The molecule has 8 heavy (non-hydrogen) atoms. The van der Waals surface area contributed by atoms with Crippen LogP contribution < -0.4 is 0 Å². The van der Waals surface area contributed by atoms with E-state index in [0.717, 1.165) is 17.7 Å². The topological polar surface area (TPSA) is 0 Å². The molecule has 0 rings (SSSR count). The van der Waals surface area contributed by atoms with Gasteiger partial charge in [-0.05, 0) is 17.7 Å². The molecule has 0 aliphatic rings. The predicted molar refractivity (Wildman–Crippen MR) is 46.0 cm³/mol. The van der Waals surface area contributed by atoms with Crippen LogP contribution in [0.5, 0.6) is 0 Å². The highest BCUT2D eigenvalue weighted by atomic mass is 32.1. The number of thiol groups is 1. The predicted octanol–water partition coefficient (Wildman–Crippen LogP) is 2.47. The van der Waals surface area contributed by atoms with Crippen LogP contribution in [0, 0.1) is 0 Å². The van der Waals surface area contributed by atoms with Gasteiger partial charge in [-0.15, -0.1) is 0 Å². The minimum atomic E-state index is 0.433. The summed E-state index contributed by atoms with van der Waals surface area (Å²) < 4.78 is 0. The lowest BCUT2D eigenvalue weighted by atomic mass is 10.2. The van der Waals surface area contributed by atoms with Crippen LogP contribution in [0.3, 0.4) is 0 Å². The molecule has 0 amide bonds. The van der Waals surface area contributed by atoms with E-state index in [-0.39, 0.29) is 0 Å². The minimum Gasteiger partial charge on any atom is -0.176 e. The first-order valence-corrected chi connectivity index (χ1v) is 3.79. The third-order valence-electron chi connectivity index (χ3n) is 0.917. The maximum absolute atomic E-state index is 4.98. The van der Waals surface area contributed by atoms with Crippen molar-refractivity contribution in [3.63, 3.8) is 0 Å². The molecule has 0 nitrogen and oxygen atoms in total. The molecular formula is C6H12S2. The number of rotatable bonds is 3. The second-order valence-electron chi connectivity index (χ2n) is 1.95. The highest BCUT2D eigenvalue weighted by molar-refractivity contribution is 7.82. The minimum absolute atomic E-state index is 0.433. The summed E-state index contributed by atoms with van der Waals surface area (Å²) in [5.74, 6) is 0. The molecule has 0 N–H and O–H groups in total. The van der Waals surface area contributed by atoms with Crippen LogP contribution in [0.25, 0.3) is 0 Å². The van der Waals surface area contributed by atoms with E-state index in [2.05, 4.69) is 26.5 Å². The van der Waals surface area contributed by atoms with Crippen LogP contribution in [0.4, 0.5) is 0 Å². The Morgan fingerprint density at radius 1 is 1.75 bits per heavy atom. The van der Waals surface area contributed by atoms with Gasteiger partial charge >= 0.3 is 0 Å². The van der Waals surface area contributed by atoms with Gasteiger partial charge in [-0.2, -0.15) is 12.6 Å². The largest absolute Gasteiger partial charge is 0.176 e. The van der Waals surface area contributed by atoms with Crippen molar-refractivity contribution in [1.29, 1.82) is 0 Å². The summed E-state index contributed by atoms with van der Waals surface area (Å²) in [7, 11) is 0. The van der Waals surface area contributed by atoms with E-state index in [1.165, 1.54) is 0 Å². The van der Waals surface area contributed by atoms with Crippen LogP contribution in [-0.2, 0) is 0 Å². The lowest BCUT2D eigenvalue weighted by Crippen LogP contribution is -1.99. The summed E-state index contributed by atoms with van der Waals surface area (Å²) in [4.78, 5) is 1.13. The average molecular weight is 148 g/mol. The summed E-state index contributed by atoms with van der Waals surface area (Å²) in [5, 5.41) is 0.433. The van der Waals surface area contributed by atoms with Crippen molar-refractivity contribution in [1.82, 2.24) is 0 Å². The Hall–Kier alpha value is 0.440. The SMILES string of the molecule is CCC(=S)CC(C)S. The van der Waals surface area contributed by atoms with E-state index >= 15 is 0 Å². The highest BCUT2D eigenvalue weighted by Crippen LogP contribution is 2.02. The zero-order valence-electron chi connectivity index (χ0n) is 5.35. The van der Waals surface area contributed by atoms with Gasteiger partial charge in [0.2, 0.25) is 0 Å². The molecule has 0 heterocycles. The maximum Gasteiger partial charge on any atom is 0.00338 e. The second-order valence-corrected chi connectivity index (χ2v) is 3.40. The van der Waals surface area contributed by atoms with Gasteiger partial charge in [-0.3, -0.25) is 0 Å². The number of hydrogen-bond acceptors (Lipinski definition) is 2. The first-order valence-electron chi connectivity index (χ1n) is 2.86. The van der Waals surface area contributed by atoms with Crippen molar-refractivity contribution in [2.24, 2.45) is 0 Å². The molecule has 1 atom stereocenters. The molecule has 48 valence electrons. The Labute approximate surface area is 62.1 Å². The Balaban J connectivity index is 3.25. The normalized spacial score (nSPS) is 13.4. The van der Waals surface area contributed by atoms with Crippen molar-refractivity contribution < 1.29 is 0 Å². The molecule has 0 spiro atoms. The summed E-state index contributed by atoms with van der Waals surface area (Å²) in [6.07, 6.45) is 2.00. The second kappa shape index (κ2) is 4.33. The van der Waals surface area contributed by atoms with E-state index in [0.29, 0.717) is 5.25 Å². The lowest BCUT2D eigenvalue weighted by Gasteiger charge is -2.01. The van der Waals surface area contributed by atoms with Gasteiger partial charge in [-0.25, -0.2) is 0 Å². The van der Waals surface area contributed by atoms with Gasteiger partial charge < -0.3 is 0 Å². The first kappa shape index (κ1) is 8.44. The molecule has 0 radical (unpaired) electrons. The van der Waals surface area contributed by atoms with E-state index in [9.17, 15) is 0 Å².